The number of carboxylic acids is 1. The van der Waals surface area contributed by atoms with Gasteiger partial charge in [0.15, 0.2) is 0 Å². The number of nitrogens with zero attached hydrogens (tertiary/aromatic N) is 4. The summed E-state index contributed by atoms with van der Waals surface area (Å²) in [5.41, 5.74) is 1.48. The Kier molecular flexibility index (Phi) is 10.8. The Morgan fingerprint density at radius 2 is 1.85 bits per heavy atom. The van der Waals surface area contributed by atoms with Gasteiger partial charge in [-0.2, -0.15) is 18.4 Å². The quantitative estimate of drug-likeness (QED) is 0.362. The first-order chi connectivity index (χ1) is 18.4. The minimum absolute atomic E-state index is 0.00389. The van der Waals surface area contributed by atoms with E-state index in [0.717, 1.165) is 31.5 Å². The molecule has 1 fully saturated rings. The highest BCUT2D eigenvalue weighted by Gasteiger charge is 2.38. The molecule has 210 valence electrons. The van der Waals surface area contributed by atoms with Gasteiger partial charge >= 0.3 is 12.1 Å². The fourth-order valence-electron chi connectivity index (χ4n) is 3.66. The van der Waals surface area contributed by atoms with E-state index in [9.17, 15) is 22.2 Å². The van der Waals surface area contributed by atoms with Crippen molar-refractivity contribution in [1.82, 2.24) is 25.5 Å². The van der Waals surface area contributed by atoms with Gasteiger partial charge in [-0.25, -0.2) is 4.79 Å². The molecule has 1 aliphatic heterocycles. The van der Waals surface area contributed by atoms with Gasteiger partial charge in [-0.15, -0.1) is 10.2 Å². The summed E-state index contributed by atoms with van der Waals surface area (Å²) in [4.78, 5) is 24.4. The molecule has 1 unspecified atom stereocenters. The Bertz CT molecular complexity index is 1310. The molecule has 2 heterocycles. The second-order valence-electron chi connectivity index (χ2n) is 8.35. The molecule has 3 aromatic rings. The zero-order valence-corrected chi connectivity index (χ0v) is 22.4. The second kappa shape index (κ2) is 13.8. The molecule has 16 heteroatoms. The Morgan fingerprint density at radius 3 is 2.46 bits per heavy atom. The Hall–Kier alpha value is -3.07. The monoisotopic (exact) mass is 606 g/mol. The van der Waals surface area contributed by atoms with Crippen molar-refractivity contribution in [2.45, 2.75) is 23.9 Å². The van der Waals surface area contributed by atoms with Crippen molar-refractivity contribution in [3.8, 4) is 11.4 Å². The number of anilines is 1. The van der Waals surface area contributed by atoms with Crippen LogP contribution in [0, 0.1) is 5.92 Å². The minimum atomic E-state index is -5.08. The number of benzene rings is 2. The summed E-state index contributed by atoms with van der Waals surface area (Å²) >= 11 is 12.1. The maximum absolute atomic E-state index is 12.7. The molecule has 0 spiro atoms. The second-order valence-corrected chi connectivity index (χ2v) is 10.7. The molecule has 39 heavy (non-hydrogen) atoms. The highest BCUT2D eigenvalue weighted by atomic mass is 35.5. The van der Waals surface area contributed by atoms with Crippen LogP contribution in [0.4, 0.5) is 18.9 Å². The third-order valence-electron chi connectivity index (χ3n) is 5.67. The fraction of sp³-hybridized carbons (Fsp3) is 0.348. The molecule has 4 rings (SSSR count). The first-order valence-corrected chi connectivity index (χ1v) is 13.5. The van der Waals surface area contributed by atoms with Gasteiger partial charge in [0.2, 0.25) is 11.7 Å². The topological polar surface area (TPSA) is 141 Å². The molecule has 3 N–H and O–H groups in total. The number of rotatable bonds is 7. The van der Waals surface area contributed by atoms with E-state index < -0.39 is 22.9 Å². The normalized spacial score (nSPS) is 15.2. The number of halogens is 5. The number of hydrogen-bond acceptors (Lipinski definition) is 7. The molecule has 1 aromatic heterocycles. The number of alkyl halides is 3. The van der Waals surface area contributed by atoms with Crippen LogP contribution < -0.4 is 5.32 Å². The Balaban J connectivity index is 0.000000532. The minimum Gasteiger partial charge on any atom is -0.475 e. The number of carboxylic acid groups (broad SMARTS) is 1. The van der Waals surface area contributed by atoms with E-state index in [1.165, 1.54) is 0 Å². The number of aliphatic carboxylic acids is 1. The maximum atomic E-state index is 12.7. The molecule has 0 radical (unpaired) electrons. The van der Waals surface area contributed by atoms with E-state index in [1.54, 1.807) is 18.2 Å². The Labute approximate surface area is 233 Å². The zero-order valence-electron chi connectivity index (χ0n) is 20.1. The molecule has 0 saturated carbocycles. The molecule has 1 amide bonds. The van der Waals surface area contributed by atoms with Crippen molar-refractivity contribution < 1.29 is 32.1 Å². The van der Waals surface area contributed by atoms with Crippen LogP contribution in [0.2, 0.25) is 10.0 Å². The van der Waals surface area contributed by atoms with Crippen LogP contribution in [0.25, 0.3) is 11.4 Å². The average Bonchev–Trinajstić information content (AvgIpc) is 3.44. The third-order valence-corrected chi connectivity index (χ3v) is 7.72. The van der Waals surface area contributed by atoms with Crippen LogP contribution in [0.5, 0.6) is 0 Å². The SMILES string of the molecule is O=C(Nc1cccc(-c2nn[nH]n2)c1)C1CCN(CCS(=O)c2cc(Cl)ccc2Cl)CC1.O=C(O)C(F)(F)F. The predicted octanol–water partition coefficient (Wildman–Crippen LogP) is 4.27. The maximum Gasteiger partial charge on any atom is 0.490 e. The number of carbonyl (C=O) groups is 2. The standard InChI is InChI=1S/C21H22Cl2N6O2S.C2HF3O2/c22-16-4-5-18(23)19(13-16)32(31)11-10-29-8-6-14(7-9-29)21(30)24-17-3-1-2-15(12-17)20-25-27-28-26-20;3-2(4,5)1(6)7/h1-5,12-14H,6-11H2,(H,24,30)(H,25,26,27,28);(H,6,7). The van der Waals surface area contributed by atoms with E-state index in [4.69, 9.17) is 33.1 Å². The number of amides is 1. The van der Waals surface area contributed by atoms with Crippen LogP contribution in [-0.4, -0.2) is 78.3 Å². The van der Waals surface area contributed by atoms with Crippen LogP contribution in [0.3, 0.4) is 0 Å². The predicted molar refractivity (Wildman–Crippen MR) is 139 cm³/mol. The smallest absolute Gasteiger partial charge is 0.475 e. The lowest BCUT2D eigenvalue weighted by molar-refractivity contribution is -0.192. The summed E-state index contributed by atoms with van der Waals surface area (Å²) in [7, 11) is -1.22. The molecule has 10 nitrogen and oxygen atoms in total. The molecule has 1 atom stereocenters. The largest absolute Gasteiger partial charge is 0.490 e. The first kappa shape index (κ1) is 30.5. The van der Waals surface area contributed by atoms with Gasteiger partial charge < -0.3 is 15.3 Å². The summed E-state index contributed by atoms with van der Waals surface area (Å²) < 4.78 is 44.3. The molecule has 1 saturated heterocycles. The molecule has 2 aromatic carbocycles. The number of nitrogens with one attached hydrogen (secondary N) is 2. The van der Waals surface area contributed by atoms with Crippen molar-refractivity contribution in [3.63, 3.8) is 0 Å². The molecule has 1 aliphatic rings. The van der Waals surface area contributed by atoms with Gasteiger partial charge in [0.05, 0.1) is 20.7 Å². The van der Waals surface area contributed by atoms with Crippen molar-refractivity contribution in [2.24, 2.45) is 5.92 Å². The number of aromatic amines is 1. The first-order valence-electron chi connectivity index (χ1n) is 11.4. The van der Waals surface area contributed by atoms with Gasteiger partial charge in [0.1, 0.15) is 0 Å². The lowest BCUT2D eigenvalue weighted by atomic mass is 9.96. The van der Waals surface area contributed by atoms with Crippen molar-refractivity contribution in [1.29, 1.82) is 0 Å². The lowest BCUT2D eigenvalue weighted by Crippen LogP contribution is -2.39. The van der Waals surface area contributed by atoms with Gasteiger partial charge in [-0.1, -0.05) is 35.3 Å². The molecular formula is C23H23Cl2F3N6O4S. The molecule has 0 bridgehead atoms. The summed E-state index contributed by atoms with van der Waals surface area (Å²) in [6.45, 7) is 2.24. The van der Waals surface area contributed by atoms with E-state index in [0.29, 0.717) is 38.8 Å². The van der Waals surface area contributed by atoms with Gasteiger partial charge in [0.25, 0.3) is 0 Å². The fourth-order valence-corrected chi connectivity index (χ4v) is 5.46. The van der Waals surface area contributed by atoms with E-state index in [2.05, 4.69) is 30.8 Å². The third kappa shape index (κ3) is 9.27. The summed E-state index contributed by atoms with van der Waals surface area (Å²) in [6, 6.07) is 12.4. The zero-order chi connectivity index (χ0) is 28.6. The van der Waals surface area contributed by atoms with Gasteiger partial charge in [-0.05, 0) is 61.5 Å². The van der Waals surface area contributed by atoms with Gasteiger partial charge in [-0.3, -0.25) is 9.00 Å². The van der Waals surface area contributed by atoms with Crippen LogP contribution in [0.1, 0.15) is 12.8 Å². The Morgan fingerprint density at radius 1 is 1.15 bits per heavy atom. The summed E-state index contributed by atoms with van der Waals surface area (Å²) in [5.74, 6) is -1.87. The van der Waals surface area contributed by atoms with Crippen LogP contribution in [0.15, 0.2) is 47.4 Å². The van der Waals surface area contributed by atoms with Gasteiger partial charge in [0, 0.05) is 34.5 Å². The van der Waals surface area contributed by atoms with Crippen LogP contribution >= 0.6 is 23.2 Å². The molecule has 0 aliphatic carbocycles. The van der Waals surface area contributed by atoms with Crippen molar-refractivity contribution in [3.05, 3.63) is 52.5 Å². The van der Waals surface area contributed by atoms with E-state index >= 15 is 0 Å². The van der Waals surface area contributed by atoms with Crippen LogP contribution in [-0.2, 0) is 20.4 Å². The highest BCUT2D eigenvalue weighted by Crippen LogP contribution is 2.25. The number of likely N-dealkylation sites (tertiary alicyclic amines) is 1. The molecular weight excluding hydrogens is 584 g/mol. The summed E-state index contributed by atoms with van der Waals surface area (Å²) in [6.07, 6.45) is -3.58. The van der Waals surface area contributed by atoms with Crippen molar-refractivity contribution >= 4 is 51.6 Å². The van der Waals surface area contributed by atoms with Crippen molar-refractivity contribution in [2.75, 3.05) is 30.7 Å². The number of hydrogen-bond donors (Lipinski definition) is 3. The number of piperidine rings is 1. The van der Waals surface area contributed by atoms with E-state index in [-0.39, 0.29) is 11.8 Å². The summed E-state index contributed by atoms with van der Waals surface area (Å²) in [5, 5.41) is 25.0. The number of aromatic nitrogens is 4. The average molecular weight is 607 g/mol. The number of tetrazole rings is 1. The lowest BCUT2D eigenvalue weighted by Gasteiger charge is -2.31. The van der Waals surface area contributed by atoms with E-state index in [1.807, 2.05) is 24.3 Å². The number of carbonyl (C=O) groups excluding carboxylic acids is 1. The highest BCUT2D eigenvalue weighted by molar-refractivity contribution is 7.85. The number of H-pyrrole nitrogens is 1.